The summed E-state index contributed by atoms with van der Waals surface area (Å²) in [6.45, 7) is 1.62. The van der Waals surface area contributed by atoms with Crippen molar-refractivity contribution in [3.05, 3.63) is 47.4 Å². The molecule has 0 saturated carbocycles. The number of anilines is 2. The molecule has 108 valence electrons. The Bertz CT molecular complexity index is 638. The van der Waals surface area contributed by atoms with E-state index >= 15 is 0 Å². The minimum absolute atomic E-state index is 0.0333. The van der Waals surface area contributed by atoms with E-state index in [0.29, 0.717) is 16.5 Å². The van der Waals surface area contributed by atoms with E-state index in [1.165, 1.54) is 6.33 Å². The zero-order chi connectivity index (χ0) is 14.7. The Balaban J connectivity index is 1.76. The summed E-state index contributed by atoms with van der Waals surface area (Å²) in [5, 5.41) is 3.81. The third kappa shape index (κ3) is 3.31. The minimum Gasteiger partial charge on any atom is -0.340 e. The van der Waals surface area contributed by atoms with Crippen molar-refractivity contribution in [2.75, 3.05) is 18.4 Å². The molecule has 21 heavy (non-hydrogen) atoms. The molecule has 1 N–H and O–H groups in total. The molecule has 5 nitrogen and oxygen atoms in total. The van der Waals surface area contributed by atoms with Crippen LogP contribution in [0.1, 0.15) is 23.3 Å². The van der Waals surface area contributed by atoms with Gasteiger partial charge in [-0.15, -0.1) is 0 Å². The number of hydrogen-bond acceptors (Lipinski definition) is 4. The van der Waals surface area contributed by atoms with Crippen molar-refractivity contribution in [1.82, 2.24) is 14.9 Å². The first-order valence-electron chi connectivity index (χ1n) is 6.86. The normalized spacial score (nSPS) is 14.2. The summed E-state index contributed by atoms with van der Waals surface area (Å²) in [7, 11) is 0. The Morgan fingerprint density at radius 1 is 1.14 bits per heavy atom. The van der Waals surface area contributed by atoms with E-state index in [2.05, 4.69) is 15.3 Å². The van der Waals surface area contributed by atoms with Crippen molar-refractivity contribution in [3.63, 3.8) is 0 Å². The first kappa shape index (κ1) is 13.8. The number of nitrogens with one attached hydrogen (secondary N) is 1. The van der Waals surface area contributed by atoms with Crippen LogP contribution in [0.5, 0.6) is 0 Å². The van der Waals surface area contributed by atoms with Gasteiger partial charge in [0.05, 0.1) is 0 Å². The van der Waals surface area contributed by atoms with Gasteiger partial charge in [0.25, 0.3) is 5.91 Å². The summed E-state index contributed by atoms with van der Waals surface area (Å²) in [5.41, 5.74) is 1.28. The van der Waals surface area contributed by atoms with Crippen LogP contribution in [0.15, 0.2) is 36.7 Å². The lowest BCUT2D eigenvalue weighted by Crippen LogP contribution is -2.28. The van der Waals surface area contributed by atoms with E-state index in [9.17, 15) is 4.79 Å². The van der Waals surface area contributed by atoms with Gasteiger partial charge in [0, 0.05) is 29.9 Å². The number of likely N-dealkylation sites (tertiary alicyclic amines) is 1. The fraction of sp³-hybridized carbons (Fsp3) is 0.267. The number of rotatable bonds is 3. The second kappa shape index (κ2) is 6.10. The Kier molecular flexibility index (Phi) is 4.01. The molecule has 2 heterocycles. The Morgan fingerprint density at radius 2 is 1.86 bits per heavy atom. The third-order valence-corrected chi connectivity index (χ3v) is 3.65. The summed E-state index contributed by atoms with van der Waals surface area (Å²) in [5.74, 6) is 0.559. The van der Waals surface area contributed by atoms with Crippen LogP contribution in [0.3, 0.4) is 0 Å². The minimum atomic E-state index is -0.0333. The van der Waals surface area contributed by atoms with Crippen LogP contribution in [0.4, 0.5) is 11.5 Å². The largest absolute Gasteiger partial charge is 0.340 e. The molecule has 0 radical (unpaired) electrons. The summed E-state index contributed by atoms with van der Waals surface area (Å²) < 4.78 is 0. The van der Waals surface area contributed by atoms with Gasteiger partial charge in [0.15, 0.2) is 0 Å². The number of nitrogens with zero attached hydrogens (tertiary/aromatic N) is 3. The average molecular weight is 303 g/mol. The van der Waals surface area contributed by atoms with Gasteiger partial charge in [-0.3, -0.25) is 4.79 Å². The molecule has 6 heteroatoms. The van der Waals surface area contributed by atoms with Crippen LogP contribution in [-0.2, 0) is 0 Å². The molecule has 1 aromatic carbocycles. The van der Waals surface area contributed by atoms with Gasteiger partial charge >= 0.3 is 0 Å². The van der Waals surface area contributed by atoms with Crippen LogP contribution in [0.25, 0.3) is 0 Å². The predicted octanol–water partition coefficient (Wildman–Crippen LogP) is 3.11. The van der Waals surface area contributed by atoms with Crippen molar-refractivity contribution in [1.29, 1.82) is 0 Å². The molecular formula is C15H15ClN4O. The lowest BCUT2D eigenvalue weighted by Gasteiger charge is -2.14. The average Bonchev–Trinajstić information content (AvgIpc) is 3.03. The second-order valence-corrected chi connectivity index (χ2v) is 5.36. The van der Waals surface area contributed by atoms with Gasteiger partial charge in [-0.05, 0) is 37.1 Å². The van der Waals surface area contributed by atoms with Gasteiger partial charge in [-0.1, -0.05) is 11.6 Å². The van der Waals surface area contributed by atoms with Crippen LogP contribution in [0, 0.1) is 0 Å². The molecule has 1 aliphatic heterocycles. The molecule has 0 bridgehead atoms. The van der Waals surface area contributed by atoms with E-state index in [-0.39, 0.29) is 5.91 Å². The molecular weight excluding hydrogens is 288 g/mol. The van der Waals surface area contributed by atoms with Crippen LogP contribution < -0.4 is 5.32 Å². The second-order valence-electron chi connectivity index (χ2n) is 4.92. The number of benzene rings is 1. The molecule has 0 spiro atoms. The molecule has 2 aromatic rings. The topological polar surface area (TPSA) is 58.1 Å². The summed E-state index contributed by atoms with van der Waals surface area (Å²) >= 11 is 5.85. The molecule has 3 rings (SSSR count). The number of halogens is 1. The van der Waals surface area contributed by atoms with Gasteiger partial charge < -0.3 is 10.2 Å². The molecule has 1 aromatic heterocycles. The standard InChI is InChI=1S/C15H15ClN4O/c16-11-3-5-12(6-4-11)19-14-9-13(17-10-18-14)15(21)20-7-1-2-8-20/h3-6,9-10H,1-2,7-8H2,(H,17,18,19). The third-order valence-electron chi connectivity index (χ3n) is 3.40. The van der Waals surface area contributed by atoms with Crippen molar-refractivity contribution in [3.8, 4) is 0 Å². The molecule has 1 amide bonds. The highest BCUT2D eigenvalue weighted by atomic mass is 35.5. The van der Waals surface area contributed by atoms with Crippen molar-refractivity contribution in [2.45, 2.75) is 12.8 Å². The number of carbonyl (C=O) groups is 1. The van der Waals surface area contributed by atoms with E-state index in [0.717, 1.165) is 31.6 Å². The van der Waals surface area contributed by atoms with Crippen LogP contribution >= 0.6 is 11.6 Å². The Morgan fingerprint density at radius 3 is 2.57 bits per heavy atom. The van der Waals surface area contributed by atoms with Crippen molar-refractivity contribution >= 4 is 29.0 Å². The Labute approximate surface area is 128 Å². The maximum Gasteiger partial charge on any atom is 0.272 e. The predicted molar refractivity (Wildman–Crippen MR) is 81.9 cm³/mol. The van der Waals surface area contributed by atoms with E-state index < -0.39 is 0 Å². The molecule has 1 fully saturated rings. The molecule has 0 atom stereocenters. The Hall–Kier alpha value is -2.14. The summed E-state index contributed by atoms with van der Waals surface area (Å²) in [4.78, 5) is 22.3. The number of hydrogen-bond donors (Lipinski definition) is 1. The highest BCUT2D eigenvalue weighted by molar-refractivity contribution is 6.30. The summed E-state index contributed by atoms with van der Waals surface area (Å²) in [6, 6.07) is 8.97. The van der Waals surface area contributed by atoms with Gasteiger partial charge in [0.2, 0.25) is 0 Å². The smallest absolute Gasteiger partial charge is 0.272 e. The van der Waals surface area contributed by atoms with E-state index in [1.807, 2.05) is 17.0 Å². The maximum absolute atomic E-state index is 12.3. The molecule has 0 unspecified atom stereocenters. The fourth-order valence-electron chi connectivity index (χ4n) is 2.31. The van der Waals surface area contributed by atoms with E-state index in [4.69, 9.17) is 11.6 Å². The lowest BCUT2D eigenvalue weighted by molar-refractivity contribution is 0.0787. The molecule has 1 aliphatic rings. The zero-order valence-electron chi connectivity index (χ0n) is 11.4. The first-order valence-corrected chi connectivity index (χ1v) is 7.24. The van der Waals surface area contributed by atoms with Crippen LogP contribution in [-0.4, -0.2) is 33.9 Å². The number of aromatic nitrogens is 2. The highest BCUT2D eigenvalue weighted by Gasteiger charge is 2.20. The number of carbonyl (C=O) groups excluding carboxylic acids is 1. The van der Waals surface area contributed by atoms with Crippen LogP contribution in [0.2, 0.25) is 5.02 Å². The highest BCUT2D eigenvalue weighted by Crippen LogP contribution is 2.18. The quantitative estimate of drug-likeness (QED) is 0.946. The lowest BCUT2D eigenvalue weighted by atomic mass is 10.3. The molecule has 1 saturated heterocycles. The monoisotopic (exact) mass is 302 g/mol. The zero-order valence-corrected chi connectivity index (χ0v) is 12.2. The van der Waals surface area contributed by atoms with Gasteiger partial charge in [-0.25, -0.2) is 9.97 Å². The fourth-order valence-corrected chi connectivity index (χ4v) is 2.43. The summed E-state index contributed by atoms with van der Waals surface area (Å²) in [6.07, 6.45) is 3.53. The maximum atomic E-state index is 12.3. The number of amides is 1. The van der Waals surface area contributed by atoms with Crippen molar-refractivity contribution in [2.24, 2.45) is 0 Å². The van der Waals surface area contributed by atoms with Gasteiger partial charge in [0.1, 0.15) is 17.8 Å². The SMILES string of the molecule is O=C(c1cc(Nc2ccc(Cl)cc2)ncn1)N1CCCC1. The van der Waals surface area contributed by atoms with Gasteiger partial charge in [-0.2, -0.15) is 0 Å². The molecule has 0 aliphatic carbocycles. The van der Waals surface area contributed by atoms with E-state index in [1.54, 1.807) is 18.2 Å². The first-order chi connectivity index (χ1) is 10.2. The van der Waals surface area contributed by atoms with Crippen molar-refractivity contribution < 1.29 is 4.79 Å².